The van der Waals surface area contributed by atoms with Gasteiger partial charge in [0.25, 0.3) is 0 Å². The molecular formula is C10H21N5. The first-order valence-corrected chi connectivity index (χ1v) is 5.28. The number of hydrazine groups is 2. The lowest BCUT2D eigenvalue weighted by molar-refractivity contribution is -0.0191. The van der Waals surface area contributed by atoms with E-state index in [1.54, 1.807) is 0 Å². The van der Waals surface area contributed by atoms with Gasteiger partial charge in [-0.25, -0.2) is 20.5 Å². The fraction of sp³-hybridized carbons (Fsp3) is 0.900. The quantitative estimate of drug-likeness (QED) is 0.660. The molecule has 1 saturated heterocycles. The van der Waals surface area contributed by atoms with Gasteiger partial charge in [0.15, 0.2) is 0 Å². The smallest absolute Gasteiger partial charge is 0.121 e. The van der Waals surface area contributed by atoms with Gasteiger partial charge in [-0.3, -0.25) is 0 Å². The van der Waals surface area contributed by atoms with Crippen LogP contribution < -0.4 is 5.43 Å². The summed E-state index contributed by atoms with van der Waals surface area (Å²) in [7, 11) is 7.94. The summed E-state index contributed by atoms with van der Waals surface area (Å²) in [6.45, 7) is 1.86. The minimum Gasteiger partial charge on any atom is -0.249 e. The van der Waals surface area contributed by atoms with Crippen LogP contribution in [0.3, 0.4) is 0 Å². The highest BCUT2D eigenvalue weighted by Gasteiger charge is 2.35. The Labute approximate surface area is 92.2 Å². The van der Waals surface area contributed by atoms with Crippen LogP contribution in [0.4, 0.5) is 0 Å². The Morgan fingerprint density at radius 3 is 2.07 bits per heavy atom. The predicted octanol–water partition coefficient (Wildman–Crippen LogP) is -0.113. The summed E-state index contributed by atoms with van der Waals surface area (Å²) in [5.74, 6) is 0. The summed E-state index contributed by atoms with van der Waals surface area (Å²) in [4.78, 5) is 0. The third kappa shape index (κ3) is 3.14. The number of nitriles is 1. The molecule has 0 bridgehead atoms. The van der Waals surface area contributed by atoms with Crippen LogP contribution in [-0.2, 0) is 0 Å². The zero-order valence-corrected chi connectivity index (χ0v) is 10.1. The zero-order chi connectivity index (χ0) is 11.5. The summed E-state index contributed by atoms with van der Waals surface area (Å²) in [5.41, 5.74) is 2.85. The van der Waals surface area contributed by atoms with E-state index in [-0.39, 0.29) is 5.54 Å². The van der Waals surface area contributed by atoms with Crippen molar-refractivity contribution in [3.05, 3.63) is 0 Å². The van der Waals surface area contributed by atoms with Crippen molar-refractivity contribution in [3.8, 4) is 6.07 Å². The average Bonchev–Trinajstić information content (AvgIpc) is 2.17. The molecule has 5 nitrogen and oxygen atoms in total. The maximum Gasteiger partial charge on any atom is 0.121 e. The van der Waals surface area contributed by atoms with E-state index in [9.17, 15) is 5.26 Å². The van der Waals surface area contributed by atoms with Gasteiger partial charge in [-0.05, 0) is 12.8 Å². The normalized spacial score (nSPS) is 21.9. The van der Waals surface area contributed by atoms with Gasteiger partial charge >= 0.3 is 0 Å². The lowest BCUT2D eigenvalue weighted by Gasteiger charge is -2.41. The molecule has 0 atom stereocenters. The second kappa shape index (κ2) is 4.90. The molecule has 0 aromatic heterocycles. The van der Waals surface area contributed by atoms with E-state index in [1.165, 1.54) is 0 Å². The SMILES string of the molecule is CN(C)NC1(C#N)CCN(N(C)C)CC1. The van der Waals surface area contributed by atoms with Gasteiger partial charge < -0.3 is 0 Å². The molecule has 0 aliphatic carbocycles. The fourth-order valence-corrected chi connectivity index (χ4v) is 1.95. The monoisotopic (exact) mass is 211 g/mol. The third-order valence-corrected chi connectivity index (χ3v) is 2.81. The number of hydrogen-bond acceptors (Lipinski definition) is 5. The van der Waals surface area contributed by atoms with Gasteiger partial charge in [0.05, 0.1) is 6.07 Å². The number of nitrogens with one attached hydrogen (secondary N) is 1. The Hall–Kier alpha value is -0.670. The molecule has 0 amide bonds. The lowest BCUT2D eigenvalue weighted by atomic mass is 9.90. The van der Waals surface area contributed by atoms with Crippen LogP contribution in [0.5, 0.6) is 0 Å². The van der Waals surface area contributed by atoms with E-state index in [0.29, 0.717) is 0 Å². The number of hydrogen-bond donors (Lipinski definition) is 1. The lowest BCUT2D eigenvalue weighted by Crippen LogP contribution is -2.58. The molecule has 5 heteroatoms. The maximum absolute atomic E-state index is 9.24. The van der Waals surface area contributed by atoms with Crippen molar-refractivity contribution in [1.29, 1.82) is 5.26 Å². The largest absolute Gasteiger partial charge is 0.249 e. The summed E-state index contributed by atoms with van der Waals surface area (Å²) in [5, 5.41) is 15.5. The first-order chi connectivity index (χ1) is 6.99. The van der Waals surface area contributed by atoms with Crippen molar-refractivity contribution >= 4 is 0 Å². The van der Waals surface area contributed by atoms with Crippen LogP contribution >= 0.6 is 0 Å². The van der Waals surface area contributed by atoms with Crippen molar-refractivity contribution in [2.45, 2.75) is 18.4 Å². The molecule has 0 aromatic rings. The Morgan fingerprint density at radius 1 is 1.20 bits per heavy atom. The van der Waals surface area contributed by atoms with E-state index < -0.39 is 0 Å². The molecule has 0 spiro atoms. The second-order valence-corrected chi connectivity index (χ2v) is 4.50. The van der Waals surface area contributed by atoms with Gasteiger partial charge in [0, 0.05) is 41.3 Å². The van der Waals surface area contributed by atoms with Crippen molar-refractivity contribution < 1.29 is 0 Å². The topological polar surface area (TPSA) is 45.5 Å². The van der Waals surface area contributed by atoms with Crippen LogP contribution in [0, 0.1) is 11.3 Å². The molecule has 0 radical (unpaired) electrons. The molecule has 86 valence electrons. The van der Waals surface area contributed by atoms with E-state index in [1.807, 2.05) is 33.2 Å². The van der Waals surface area contributed by atoms with Gasteiger partial charge in [-0.2, -0.15) is 5.26 Å². The summed E-state index contributed by atoms with van der Waals surface area (Å²) in [6, 6.07) is 2.41. The van der Waals surface area contributed by atoms with E-state index >= 15 is 0 Å². The standard InChI is InChI=1S/C10H21N5/c1-13(2)12-10(9-11)5-7-15(8-6-10)14(3)4/h12H,5-8H2,1-4H3. The zero-order valence-electron chi connectivity index (χ0n) is 10.1. The van der Waals surface area contributed by atoms with Gasteiger partial charge in [-0.1, -0.05) is 0 Å². The molecule has 0 saturated carbocycles. The Bertz CT molecular complexity index is 235. The molecule has 1 aliphatic rings. The summed E-state index contributed by atoms with van der Waals surface area (Å²) >= 11 is 0. The van der Waals surface area contributed by atoms with Crippen LogP contribution in [0.2, 0.25) is 0 Å². The highest BCUT2D eigenvalue weighted by Crippen LogP contribution is 2.21. The first kappa shape index (κ1) is 12.4. The number of piperidine rings is 1. The van der Waals surface area contributed by atoms with Crippen molar-refractivity contribution in [1.82, 2.24) is 20.5 Å². The minimum atomic E-state index is -0.379. The van der Waals surface area contributed by atoms with Gasteiger partial charge in [0.1, 0.15) is 5.54 Å². The first-order valence-electron chi connectivity index (χ1n) is 5.28. The predicted molar refractivity (Wildman–Crippen MR) is 59.7 cm³/mol. The number of nitrogens with zero attached hydrogens (tertiary/aromatic N) is 4. The van der Waals surface area contributed by atoms with Gasteiger partial charge in [0.2, 0.25) is 0 Å². The van der Waals surface area contributed by atoms with E-state index in [0.717, 1.165) is 25.9 Å². The van der Waals surface area contributed by atoms with Crippen LogP contribution in [0.25, 0.3) is 0 Å². The van der Waals surface area contributed by atoms with Crippen LogP contribution in [0.1, 0.15) is 12.8 Å². The van der Waals surface area contributed by atoms with Gasteiger partial charge in [-0.15, -0.1) is 0 Å². The highest BCUT2D eigenvalue weighted by atomic mass is 15.6. The Morgan fingerprint density at radius 2 is 1.73 bits per heavy atom. The molecule has 15 heavy (non-hydrogen) atoms. The molecular weight excluding hydrogens is 190 g/mol. The molecule has 0 unspecified atom stereocenters. The molecule has 0 aromatic carbocycles. The maximum atomic E-state index is 9.24. The van der Waals surface area contributed by atoms with Crippen LogP contribution in [-0.4, -0.2) is 61.8 Å². The van der Waals surface area contributed by atoms with E-state index in [4.69, 9.17) is 0 Å². The van der Waals surface area contributed by atoms with Crippen molar-refractivity contribution in [2.75, 3.05) is 41.3 Å². The minimum absolute atomic E-state index is 0.379. The molecule has 1 rings (SSSR count). The fourth-order valence-electron chi connectivity index (χ4n) is 1.95. The Kier molecular flexibility index (Phi) is 4.05. The molecule has 1 aliphatic heterocycles. The number of rotatable bonds is 3. The molecule has 1 heterocycles. The third-order valence-electron chi connectivity index (χ3n) is 2.81. The molecule has 1 fully saturated rings. The molecule has 1 N–H and O–H groups in total. The summed E-state index contributed by atoms with van der Waals surface area (Å²) < 4.78 is 0. The van der Waals surface area contributed by atoms with Crippen molar-refractivity contribution in [3.63, 3.8) is 0 Å². The summed E-state index contributed by atoms with van der Waals surface area (Å²) in [6.07, 6.45) is 1.72. The second-order valence-electron chi connectivity index (χ2n) is 4.50. The van der Waals surface area contributed by atoms with Crippen LogP contribution in [0.15, 0.2) is 0 Å². The highest BCUT2D eigenvalue weighted by molar-refractivity contribution is 5.08. The average molecular weight is 211 g/mol. The van der Waals surface area contributed by atoms with E-state index in [2.05, 4.69) is 21.5 Å². The Balaban J connectivity index is 2.56. The van der Waals surface area contributed by atoms with Crippen molar-refractivity contribution in [2.24, 2.45) is 0 Å².